The van der Waals surface area contributed by atoms with Crippen LogP contribution in [0.25, 0.3) is 0 Å². The largest absolute Gasteiger partial charge is 0.396 e. The van der Waals surface area contributed by atoms with Crippen LogP contribution in [0.15, 0.2) is 54.7 Å². The Hall–Kier alpha value is -3.59. The number of benzene rings is 2. The van der Waals surface area contributed by atoms with E-state index in [0.717, 1.165) is 11.3 Å². The lowest BCUT2D eigenvalue weighted by Gasteiger charge is -2.06. The first-order valence-corrected chi connectivity index (χ1v) is 8.70. The number of nitrogens with zero attached hydrogens (tertiary/aromatic N) is 4. The van der Waals surface area contributed by atoms with Crippen LogP contribution in [0.3, 0.4) is 0 Å². The molecule has 2 aromatic carbocycles. The number of nitrogens with one attached hydrogen (secondary N) is 1. The number of rotatable bonds is 8. The Balaban J connectivity index is 1.59. The minimum atomic E-state index is -0.491. The molecule has 0 saturated carbocycles. The van der Waals surface area contributed by atoms with Crippen LogP contribution in [0, 0.1) is 10.1 Å². The first kappa shape index (κ1) is 19.2. The van der Waals surface area contributed by atoms with Crippen molar-refractivity contribution in [3.63, 3.8) is 0 Å². The van der Waals surface area contributed by atoms with Gasteiger partial charge in [0.25, 0.3) is 11.6 Å². The van der Waals surface area contributed by atoms with Crippen molar-refractivity contribution in [3.8, 4) is 0 Å². The molecule has 1 heterocycles. The molecule has 0 saturated heterocycles. The smallest absolute Gasteiger partial charge is 0.269 e. The van der Waals surface area contributed by atoms with Crippen LogP contribution >= 0.6 is 0 Å². The highest BCUT2D eigenvalue weighted by Gasteiger charge is 2.09. The molecule has 1 aromatic heterocycles. The highest BCUT2D eigenvalue weighted by atomic mass is 16.6. The van der Waals surface area contributed by atoms with Gasteiger partial charge in [0.2, 0.25) is 0 Å². The fraction of sp³-hybridized carbons (Fsp3) is 0.211. The molecule has 3 rings (SSSR count). The maximum absolute atomic E-state index is 12.3. The third-order valence-electron chi connectivity index (χ3n) is 4.07. The van der Waals surface area contributed by atoms with E-state index in [1.54, 1.807) is 16.8 Å². The number of anilines is 1. The van der Waals surface area contributed by atoms with Crippen LogP contribution in [0.1, 0.15) is 28.0 Å². The summed E-state index contributed by atoms with van der Waals surface area (Å²) >= 11 is 0. The van der Waals surface area contributed by atoms with Crippen LogP contribution in [0.4, 0.5) is 11.4 Å². The summed E-state index contributed by atoms with van der Waals surface area (Å²) in [4.78, 5) is 22.5. The van der Waals surface area contributed by atoms with Gasteiger partial charge in [-0.3, -0.25) is 14.9 Å². The van der Waals surface area contributed by atoms with Crippen LogP contribution < -0.4 is 5.32 Å². The molecular weight excluding hydrogens is 362 g/mol. The fourth-order valence-electron chi connectivity index (χ4n) is 2.61. The molecule has 0 radical (unpaired) electrons. The molecule has 9 heteroatoms. The number of carbonyl (C=O) groups is 1. The zero-order valence-electron chi connectivity index (χ0n) is 15.0. The molecule has 0 spiro atoms. The molecule has 0 bridgehead atoms. The van der Waals surface area contributed by atoms with Gasteiger partial charge in [0, 0.05) is 36.2 Å². The third-order valence-corrected chi connectivity index (χ3v) is 4.07. The first-order valence-electron chi connectivity index (χ1n) is 8.70. The molecule has 144 valence electrons. The van der Waals surface area contributed by atoms with Crippen molar-refractivity contribution in [2.75, 3.05) is 11.9 Å². The Kier molecular flexibility index (Phi) is 6.07. The quantitative estimate of drug-likeness (QED) is 0.456. The molecule has 0 fully saturated rings. The standard InChI is InChI=1S/C19H19N5O4/c25-11-1-2-17-13-23(22-21-17)12-14-3-5-15(6-4-14)19(26)20-16-7-9-18(10-8-16)24(27)28/h3-10,13,25H,1-2,11-12H2,(H,20,26). The van der Waals surface area contributed by atoms with E-state index in [1.165, 1.54) is 24.3 Å². The molecule has 3 aromatic rings. The summed E-state index contributed by atoms with van der Waals surface area (Å²) in [5.41, 5.74) is 2.72. The molecule has 0 aliphatic heterocycles. The average molecular weight is 381 g/mol. The van der Waals surface area contributed by atoms with E-state index < -0.39 is 4.92 Å². The van der Waals surface area contributed by atoms with E-state index in [4.69, 9.17) is 5.11 Å². The van der Waals surface area contributed by atoms with E-state index in [-0.39, 0.29) is 18.2 Å². The van der Waals surface area contributed by atoms with Gasteiger partial charge in [-0.2, -0.15) is 0 Å². The summed E-state index contributed by atoms with van der Waals surface area (Å²) in [6, 6.07) is 12.7. The molecule has 9 nitrogen and oxygen atoms in total. The number of amides is 1. The van der Waals surface area contributed by atoms with Crippen molar-refractivity contribution in [2.24, 2.45) is 0 Å². The van der Waals surface area contributed by atoms with Crippen LogP contribution in [0.5, 0.6) is 0 Å². The van der Waals surface area contributed by atoms with Crippen molar-refractivity contribution >= 4 is 17.3 Å². The number of carbonyl (C=O) groups excluding carboxylic acids is 1. The number of aryl methyl sites for hydroxylation is 1. The lowest BCUT2D eigenvalue weighted by molar-refractivity contribution is -0.384. The molecular formula is C19H19N5O4. The lowest BCUT2D eigenvalue weighted by atomic mass is 10.1. The second-order valence-corrected chi connectivity index (χ2v) is 6.19. The summed E-state index contributed by atoms with van der Waals surface area (Å²) < 4.78 is 1.71. The van der Waals surface area contributed by atoms with Crippen molar-refractivity contribution in [2.45, 2.75) is 19.4 Å². The average Bonchev–Trinajstić information content (AvgIpc) is 3.14. The lowest BCUT2D eigenvalue weighted by Crippen LogP contribution is -2.12. The van der Waals surface area contributed by atoms with E-state index in [0.29, 0.717) is 30.6 Å². The number of nitro groups is 1. The van der Waals surface area contributed by atoms with E-state index in [1.807, 2.05) is 18.3 Å². The van der Waals surface area contributed by atoms with Gasteiger partial charge >= 0.3 is 0 Å². The summed E-state index contributed by atoms with van der Waals surface area (Å²) in [6.07, 6.45) is 3.17. The minimum absolute atomic E-state index is 0.0324. The number of nitro benzene ring substituents is 1. The normalized spacial score (nSPS) is 10.6. The number of aliphatic hydroxyl groups is 1. The Labute approximate surface area is 160 Å². The summed E-state index contributed by atoms with van der Waals surface area (Å²) in [6.45, 7) is 0.645. The second kappa shape index (κ2) is 8.87. The molecule has 0 aliphatic carbocycles. The molecule has 1 amide bonds. The number of aromatic nitrogens is 3. The van der Waals surface area contributed by atoms with Crippen LogP contribution in [-0.2, 0) is 13.0 Å². The van der Waals surface area contributed by atoms with E-state index in [2.05, 4.69) is 15.6 Å². The first-order chi connectivity index (χ1) is 13.5. The maximum Gasteiger partial charge on any atom is 0.269 e. The zero-order chi connectivity index (χ0) is 19.9. The zero-order valence-corrected chi connectivity index (χ0v) is 15.0. The Morgan fingerprint density at radius 1 is 1.14 bits per heavy atom. The predicted molar refractivity (Wildman–Crippen MR) is 102 cm³/mol. The van der Waals surface area contributed by atoms with Crippen LogP contribution in [0.2, 0.25) is 0 Å². The van der Waals surface area contributed by atoms with Gasteiger partial charge in [0.1, 0.15) is 0 Å². The van der Waals surface area contributed by atoms with Crippen molar-refractivity contribution in [3.05, 3.63) is 81.7 Å². The van der Waals surface area contributed by atoms with Crippen molar-refractivity contribution in [1.29, 1.82) is 0 Å². The molecule has 0 aliphatic rings. The van der Waals surface area contributed by atoms with Gasteiger partial charge in [-0.1, -0.05) is 17.3 Å². The Morgan fingerprint density at radius 3 is 2.50 bits per heavy atom. The van der Waals surface area contributed by atoms with Gasteiger partial charge < -0.3 is 10.4 Å². The monoisotopic (exact) mass is 381 g/mol. The predicted octanol–water partition coefficient (Wildman–Crippen LogP) is 2.41. The number of aliphatic hydroxyl groups excluding tert-OH is 1. The highest BCUT2D eigenvalue weighted by Crippen LogP contribution is 2.16. The van der Waals surface area contributed by atoms with Crippen molar-refractivity contribution < 1.29 is 14.8 Å². The highest BCUT2D eigenvalue weighted by molar-refractivity contribution is 6.04. The van der Waals surface area contributed by atoms with Gasteiger partial charge in [0.15, 0.2) is 0 Å². The SMILES string of the molecule is O=C(Nc1ccc([N+](=O)[O-])cc1)c1ccc(Cn2cc(CCCO)nn2)cc1. The number of hydrogen-bond acceptors (Lipinski definition) is 6. The Morgan fingerprint density at radius 2 is 1.86 bits per heavy atom. The Bertz CT molecular complexity index is 951. The molecule has 0 unspecified atom stereocenters. The second-order valence-electron chi connectivity index (χ2n) is 6.19. The number of hydrogen-bond donors (Lipinski definition) is 2. The van der Waals surface area contributed by atoms with Gasteiger partial charge in [-0.05, 0) is 42.7 Å². The fourth-order valence-corrected chi connectivity index (χ4v) is 2.61. The van der Waals surface area contributed by atoms with Gasteiger partial charge in [-0.25, -0.2) is 4.68 Å². The van der Waals surface area contributed by atoms with Gasteiger partial charge in [-0.15, -0.1) is 5.10 Å². The maximum atomic E-state index is 12.3. The third kappa shape index (κ3) is 4.98. The minimum Gasteiger partial charge on any atom is -0.396 e. The van der Waals surface area contributed by atoms with E-state index >= 15 is 0 Å². The summed E-state index contributed by atoms with van der Waals surface area (Å²) in [5.74, 6) is -0.299. The van der Waals surface area contributed by atoms with Crippen molar-refractivity contribution in [1.82, 2.24) is 15.0 Å². The van der Waals surface area contributed by atoms with E-state index in [9.17, 15) is 14.9 Å². The molecule has 0 atom stereocenters. The molecule has 2 N–H and O–H groups in total. The number of non-ortho nitro benzene ring substituents is 1. The van der Waals surface area contributed by atoms with Gasteiger partial charge in [0.05, 0.1) is 17.2 Å². The topological polar surface area (TPSA) is 123 Å². The molecule has 28 heavy (non-hydrogen) atoms. The summed E-state index contributed by atoms with van der Waals surface area (Å²) in [7, 11) is 0. The van der Waals surface area contributed by atoms with Crippen LogP contribution in [-0.4, -0.2) is 37.5 Å². The summed E-state index contributed by atoms with van der Waals surface area (Å²) in [5, 5.41) is 30.3.